The Labute approximate surface area is 200 Å². The van der Waals surface area contributed by atoms with Gasteiger partial charge in [0.15, 0.2) is 5.78 Å². The fourth-order valence-electron chi connectivity index (χ4n) is 9.04. The molecule has 0 amide bonds. The van der Waals surface area contributed by atoms with Crippen molar-refractivity contribution < 1.29 is 18.7 Å². The van der Waals surface area contributed by atoms with E-state index in [0.717, 1.165) is 50.6 Å². The maximum atomic E-state index is 13.6. The number of aliphatic hydroxyl groups is 1. The molecule has 1 heterocycles. The van der Waals surface area contributed by atoms with Crippen LogP contribution in [0, 0.1) is 46.7 Å². The summed E-state index contributed by atoms with van der Waals surface area (Å²) in [7, 11) is 0. The first-order valence-corrected chi connectivity index (χ1v) is 13.2. The molecule has 0 radical (unpaired) electrons. The SMILES string of the molecule is CC12CCC3C4CCC(O)(CF)CC4CCC3C1CCC2C(=O)CN1NNc2cc(F)ccc21. The van der Waals surface area contributed by atoms with Crippen LogP contribution in [-0.4, -0.2) is 29.7 Å². The molecule has 0 saturated heterocycles. The number of fused-ring (bicyclic) bond motifs is 6. The Bertz CT molecular complexity index is 975. The van der Waals surface area contributed by atoms with Crippen LogP contribution in [0.2, 0.25) is 0 Å². The van der Waals surface area contributed by atoms with Gasteiger partial charge in [-0.2, -0.15) is 0 Å². The summed E-state index contributed by atoms with van der Waals surface area (Å²) in [4.78, 5) is 13.6. The monoisotopic (exact) mass is 473 g/mol. The van der Waals surface area contributed by atoms with E-state index >= 15 is 0 Å². The molecule has 8 unspecified atom stereocenters. The van der Waals surface area contributed by atoms with Crippen LogP contribution in [0.25, 0.3) is 0 Å². The Kier molecular flexibility index (Phi) is 5.45. The van der Waals surface area contributed by atoms with Crippen molar-refractivity contribution in [2.24, 2.45) is 40.9 Å². The number of alkyl halides is 1. The van der Waals surface area contributed by atoms with Gasteiger partial charge in [0.2, 0.25) is 0 Å². The largest absolute Gasteiger partial charge is 0.387 e. The van der Waals surface area contributed by atoms with E-state index in [0.29, 0.717) is 48.1 Å². The molecule has 34 heavy (non-hydrogen) atoms. The Morgan fingerprint density at radius 3 is 2.76 bits per heavy atom. The molecule has 7 heteroatoms. The van der Waals surface area contributed by atoms with Crippen molar-refractivity contribution in [3.63, 3.8) is 0 Å². The highest BCUT2D eigenvalue weighted by molar-refractivity contribution is 5.88. The van der Waals surface area contributed by atoms with Crippen LogP contribution < -0.4 is 16.0 Å². The number of Topliss-reactive ketones (excluding diaryl/α,β-unsaturated/α-hetero) is 1. The van der Waals surface area contributed by atoms with Gasteiger partial charge in [-0.1, -0.05) is 6.92 Å². The molecule has 0 spiro atoms. The fourth-order valence-corrected chi connectivity index (χ4v) is 9.04. The molecule has 4 aliphatic carbocycles. The third-order valence-corrected chi connectivity index (χ3v) is 10.6. The molecule has 4 fully saturated rings. The van der Waals surface area contributed by atoms with Crippen LogP contribution in [0.1, 0.15) is 64.7 Å². The molecule has 4 saturated carbocycles. The average Bonchev–Trinajstić information content (AvgIpc) is 3.38. The molecule has 6 rings (SSSR count). The quantitative estimate of drug-likeness (QED) is 0.573. The smallest absolute Gasteiger partial charge is 0.157 e. The summed E-state index contributed by atoms with van der Waals surface area (Å²) < 4.78 is 27.0. The second kappa shape index (κ2) is 8.16. The Morgan fingerprint density at radius 1 is 1.12 bits per heavy atom. The van der Waals surface area contributed by atoms with Crippen molar-refractivity contribution in [2.75, 3.05) is 23.7 Å². The van der Waals surface area contributed by atoms with Crippen molar-refractivity contribution in [1.29, 1.82) is 0 Å². The molecule has 8 atom stereocenters. The molecule has 0 aromatic heterocycles. The lowest BCUT2D eigenvalue weighted by Gasteiger charge is -2.57. The van der Waals surface area contributed by atoms with Gasteiger partial charge in [-0.25, -0.2) is 8.78 Å². The number of carbonyl (C=O) groups excluding carboxylic acids is 1. The van der Waals surface area contributed by atoms with Crippen LogP contribution in [0.4, 0.5) is 20.2 Å². The molecule has 3 N–H and O–H groups in total. The van der Waals surface area contributed by atoms with Crippen molar-refractivity contribution in [2.45, 2.75) is 70.3 Å². The van der Waals surface area contributed by atoms with E-state index < -0.39 is 12.3 Å². The highest BCUT2D eigenvalue weighted by Gasteiger charge is 2.59. The lowest BCUT2D eigenvalue weighted by molar-refractivity contribution is -0.132. The molecular weight excluding hydrogens is 436 g/mol. The lowest BCUT2D eigenvalue weighted by atomic mass is 9.49. The average molecular weight is 474 g/mol. The normalized spacial score (nSPS) is 42.9. The number of anilines is 2. The van der Waals surface area contributed by atoms with Crippen molar-refractivity contribution in [3.05, 3.63) is 24.0 Å². The van der Waals surface area contributed by atoms with Gasteiger partial charge >= 0.3 is 0 Å². The molecule has 186 valence electrons. The summed E-state index contributed by atoms with van der Waals surface area (Å²) in [5.41, 5.74) is 6.41. The molecule has 0 bridgehead atoms. The number of ketones is 1. The number of carbonyl (C=O) groups is 1. The molecule has 1 aromatic rings. The van der Waals surface area contributed by atoms with E-state index in [2.05, 4.69) is 17.9 Å². The van der Waals surface area contributed by atoms with Crippen molar-refractivity contribution in [3.8, 4) is 0 Å². The number of nitrogens with one attached hydrogen (secondary N) is 2. The number of rotatable bonds is 4. The topological polar surface area (TPSA) is 64.6 Å². The van der Waals surface area contributed by atoms with Gasteiger partial charge < -0.3 is 10.5 Å². The van der Waals surface area contributed by atoms with Crippen LogP contribution in [0.15, 0.2) is 18.2 Å². The summed E-state index contributed by atoms with van der Waals surface area (Å²) in [6, 6.07) is 4.58. The van der Waals surface area contributed by atoms with Gasteiger partial charge in [0.1, 0.15) is 12.5 Å². The van der Waals surface area contributed by atoms with E-state index in [1.165, 1.54) is 12.1 Å². The van der Waals surface area contributed by atoms with Crippen molar-refractivity contribution in [1.82, 2.24) is 5.53 Å². The second-order valence-corrected chi connectivity index (χ2v) is 12.2. The van der Waals surface area contributed by atoms with Gasteiger partial charge in [-0.3, -0.25) is 9.80 Å². The minimum atomic E-state index is -1.09. The highest BCUT2D eigenvalue weighted by atomic mass is 19.1. The zero-order valence-corrected chi connectivity index (χ0v) is 20.0. The number of hydrogen-bond acceptors (Lipinski definition) is 5. The Morgan fingerprint density at radius 2 is 1.94 bits per heavy atom. The zero-order valence-electron chi connectivity index (χ0n) is 20.0. The number of hydrogen-bond donors (Lipinski definition) is 3. The minimum absolute atomic E-state index is 0.0399. The lowest BCUT2D eigenvalue weighted by Crippen LogP contribution is -2.52. The standard InChI is InChI=1S/C27H37F2N3O2/c1-26-10-8-19-18-9-11-27(34,15-28)13-16(18)2-4-20(19)21(26)5-6-22(26)25(33)14-32-24-7-3-17(29)12-23(24)30-31-32/h3,7,12,16,18-22,30-31,34H,2,4-6,8-11,13-15H2,1H3. The van der Waals surface area contributed by atoms with E-state index in [9.17, 15) is 18.7 Å². The fraction of sp³-hybridized carbons (Fsp3) is 0.741. The second-order valence-electron chi connectivity index (χ2n) is 12.2. The van der Waals surface area contributed by atoms with E-state index in [1.54, 1.807) is 11.1 Å². The number of hydrazine groups is 2. The van der Waals surface area contributed by atoms with Crippen LogP contribution >= 0.6 is 0 Å². The number of nitrogens with zero attached hydrogens (tertiary/aromatic N) is 1. The first-order chi connectivity index (χ1) is 16.3. The van der Waals surface area contributed by atoms with Crippen LogP contribution in [0.3, 0.4) is 0 Å². The number of halogens is 2. The molecule has 5 nitrogen and oxygen atoms in total. The van der Waals surface area contributed by atoms with Gasteiger partial charge in [-0.05, 0) is 105 Å². The molecule has 1 aliphatic heterocycles. The Hall–Kier alpha value is -1.73. The Balaban J connectivity index is 1.15. The third-order valence-electron chi connectivity index (χ3n) is 10.6. The summed E-state index contributed by atoms with van der Waals surface area (Å²) in [6.45, 7) is 2.02. The van der Waals surface area contributed by atoms with Gasteiger partial charge in [-0.15, -0.1) is 5.53 Å². The summed E-state index contributed by atoms with van der Waals surface area (Å²) in [6.07, 6.45) is 8.74. The van der Waals surface area contributed by atoms with E-state index in [4.69, 9.17) is 0 Å². The van der Waals surface area contributed by atoms with E-state index in [1.807, 2.05) is 0 Å². The van der Waals surface area contributed by atoms with Crippen LogP contribution in [-0.2, 0) is 4.79 Å². The first-order valence-electron chi connectivity index (χ1n) is 13.2. The highest BCUT2D eigenvalue weighted by Crippen LogP contribution is 2.64. The summed E-state index contributed by atoms with van der Waals surface area (Å²) in [5, 5.41) is 12.4. The maximum Gasteiger partial charge on any atom is 0.157 e. The summed E-state index contributed by atoms with van der Waals surface area (Å²) in [5.74, 6) is 3.00. The van der Waals surface area contributed by atoms with Gasteiger partial charge in [0.05, 0.1) is 23.5 Å². The maximum absolute atomic E-state index is 13.6. The van der Waals surface area contributed by atoms with Gasteiger partial charge in [0, 0.05) is 12.0 Å². The van der Waals surface area contributed by atoms with Crippen LogP contribution in [0.5, 0.6) is 0 Å². The van der Waals surface area contributed by atoms with E-state index in [-0.39, 0.29) is 29.5 Å². The van der Waals surface area contributed by atoms with Gasteiger partial charge in [0.25, 0.3) is 0 Å². The predicted molar refractivity (Wildman–Crippen MR) is 127 cm³/mol. The predicted octanol–water partition coefficient (Wildman–Crippen LogP) is 5.02. The zero-order chi connectivity index (χ0) is 23.7. The third kappa shape index (κ3) is 3.48. The first kappa shape index (κ1) is 22.7. The summed E-state index contributed by atoms with van der Waals surface area (Å²) >= 11 is 0. The minimum Gasteiger partial charge on any atom is -0.387 e. The molecular formula is C27H37F2N3O2. The number of benzene rings is 1. The molecule has 1 aromatic carbocycles. The molecule has 5 aliphatic rings. The van der Waals surface area contributed by atoms with Crippen molar-refractivity contribution >= 4 is 17.2 Å².